The Kier molecular flexibility index (Phi) is 6.14. The molecule has 2 aromatic rings. The Balaban J connectivity index is 2.18. The molecule has 0 aliphatic carbocycles. The molecule has 2 rings (SSSR count). The number of benzene rings is 1. The standard InChI is InChI=1S/C17H17ClN2O4/c1-23-15-8-5-12(10-19-15)17(22)20-14(9-16(21)24-2)11-3-6-13(18)7-4-11/h3-8,10,14H,9H2,1-2H3,(H,20,22). The molecule has 1 amide bonds. The predicted octanol–water partition coefficient (Wildman–Crippen LogP) is 2.78. The van der Waals surface area contributed by atoms with E-state index in [4.69, 9.17) is 21.1 Å². The van der Waals surface area contributed by atoms with Crippen LogP contribution in [0.15, 0.2) is 42.6 Å². The fraction of sp³-hybridized carbons (Fsp3) is 0.235. The number of pyridine rings is 1. The summed E-state index contributed by atoms with van der Waals surface area (Å²) >= 11 is 5.88. The molecule has 1 unspecified atom stereocenters. The first-order valence-electron chi connectivity index (χ1n) is 7.16. The third-order valence-electron chi connectivity index (χ3n) is 3.38. The highest BCUT2D eigenvalue weighted by Gasteiger charge is 2.20. The minimum Gasteiger partial charge on any atom is -0.481 e. The van der Waals surface area contributed by atoms with Crippen molar-refractivity contribution in [3.63, 3.8) is 0 Å². The van der Waals surface area contributed by atoms with Gasteiger partial charge in [0.15, 0.2) is 0 Å². The van der Waals surface area contributed by atoms with Crippen LogP contribution in [0.3, 0.4) is 0 Å². The van der Waals surface area contributed by atoms with Gasteiger partial charge in [-0.2, -0.15) is 0 Å². The molecule has 0 saturated carbocycles. The Bertz CT molecular complexity index is 702. The van der Waals surface area contributed by atoms with Gasteiger partial charge in [-0.15, -0.1) is 0 Å². The molecule has 0 aliphatic heterocycles. The van der Waals surface area contributed by atoms with Crippen LogP contribution < -0.4 is 10.1 Å². The summed E-state index contributed by atoms with van der Waals surface area (Å²) in [5.41, 5.74) is 1.11. The van der Waals surface area contributed by atoms with Gasteiger partial charge in [0.1, 0.15) is 0 Å². The molecule has 0 spiro atoms. The normalized spacial score (nSPS) is 11.5. The number of rotatable bonds is 6. The second kappa shape index (κ2) is 8.31. The first-order chi connectivity index (χ1) is 11.5. The average Bonchev–Trinajstić information content (AvgIpc) is 2.61. The molecule has 0 radical (unpaired) electrons. The van der Waals surface area contributed by atoms with E-state index in [1.165, 1.54) is 20.4 Å². The highest BCUT2D eigenvalue weighted by Crippen LogP contribution is 2.21. The minimum absolute atomic E-state index is 0.00740. The molecule has 1 aromatic heterocycles. The number of methoxy groups -OCH3 is 2. The van der Waals surface area contributed by atoms with E-state index in [9.17, 15) is 9.59 Å². The first-order valence-corrected chi connectivity index (χ1v) is 7.54. The summed E-state index contributed by atoms with van der Waals surface area (Å²) in [6.45, 7) is 0. The molecule has 24 heavy (non-hydrogen) atoms. The van der Waals surface area contributed by atoms with E-state index >= 15 is 0 Å². The summed E-state index contributed by atoms with van der Waals surface area (Å²) in [6.07, 6.45) is 1.42. The van der Waals surface area contributed by atoms with Gasteiger partial charge in [0.05, 0.1) is 32.2 Å². The topological polar surface area (TPSA) is 77.5 Å². The highest BCUT2D eigenvalue weighted by molar-refractivity contribution is 6.30. The van der Waals surface area contributed by atoms with E-state index in [0.29, 0.717) is 16.5 Å². The van der Waals surface area contributed by atoms with Crippen LogP contribution in [-0.4, -0.2) is 31.1 Å². The maximum absolute atomic E-state index is 12.4. The van der Waals surface area contributed by atoms with Crippen LogP contribution in [-0.2, 0) is 9.53 Å². The van der Waals surface area contributed by atoms with E-state index in [-0.39, 0.29) is 12.3 Å². The maximum Gasteiger partial charge on any atom is 0.307 e. The van der Waals surface area contributed by atoms with Gasteiger partial charge in [0.2, 0.25) is 5.88 Å². The summed E-state index contributed by atoms with van der Waals surface area (Å²) in [6, 6.07) is 9.55. The first kappa shape index (κ1) is 17.7. The fourth-order valence-electron chi connectivity index (χ4n) is 2.07. The zero-order valence-electron chi connectivity index (χ0n) is 13.3. The van der Waals surface area contributed by atoms with Crippen molar-refractivity contribution in [3.05, 3.63) is 58.7 Å². The lowest BCUT2D eigenvalue weighted by Gasteiger charge is -2.18. The second-order valence-electron chi connectivity index (χ2n) is 4.95. The predicted molar refractivity (Wildman–Crippen MR) is 89.1 cm³/mol. The lowest BCUT2D eigenvalue weighted by molar-refractivity contribution is -0.141. The van der Waals surface area contributed by atoms with Crippen molar-refractivity contribution in [1.29, 1.82) is 0 Å². The van der Waals surface area contributed by atoms with E-state index in [1.807, 2.05) is 0 Å². The van der Waals surface area contributed by atoms with Crippen LogP contribution in [0.4, 0.5) is 0 Å². The summed E-state index contributed by atoms with van der Waals surface area (Å²) in [7, 11) is 2.80. The molecule has 1 aromatic carbocycles. The Hall–Kier alpha value is -2.60. The Morgan fingerprint density at radius 1 is 1.17 bits per heavy atom. The average molecular weight is 349 g/mol. The van der Waals surface area contributed by atoms with Gasteiger partial charge >= 0.3 is 5.97 Å². The van der Waals surface area contributed by atoms with E-state index in [2.05, 4.69) is 10.3 Å². The van der Waals surface area contributed by atoms with Crippen molar-refractivity contribution in [2.45, 2.75) is 12.5 Å². The van der Waals surface area contributed by atoms with E-state index in [1.54, 1.807) is 36.4 Å². The minimum atomic E-state index is -0.538. The molecule has 6 nitrogen and oxygen atoms in total. The van der Waals surface area contributed by atoms with Gasteiger partial charge in [0, 0.05) is 17.3 Å². The summed E-state index contributed by atoms with van der Waals surface area (Å²) in [5.74, 6) is -0.368. The zero-order valence-corrected chi connectivity index (χ0v) is 14.0. The number of nitrogens with one attached hydrogen (secondary N) is 1. The van der Waals surface area contributed by atoms with Crippen LogP contribution in [0.2, 0.25) is 5.02 Å². The maximum atomic E-state index is 12.4. The third kappa shape index (κ3) is 4.70. The van der Waals surface area contributed by atoms with Crippen LogP contribution in [0.1, 0.15) is 28.4 Å². The summed E-state index contributed by atoms with van der Waals surface area (Å²) < 4.78 is 9.66. The van der Waals surface area contributed by atoms with Crippen LogP contribution in [0.25, 0.3) is 0 Å². The van der Waals surface area contributed by atoms with Crippen molar-refractivity contribution in [2.75, 3.05) is 14.2 Å². The van der Waals surface area contributed by atoms with E-state index in [0.717, 1.165) is 5.56 Å². The number of hydrogen-bond acceptors (Lipinski definition) is 5. The van der Waals surface area contributed by atoms with Crippen LogP contribution in [0, 0.1) is 0 Å². The molecule has 0 fully saturated rings. The number of esters is 1. The van der Waals surface area contributed by atoms with Gasteiger partial charge in [-0.25, -0.2) is 4.98 Å². The molecule has 7 heteroatoms. The largest absolute Gasteiger partial charge is 0.481 e. The van der Waals surface area contributed by atoms with Gasteiger partial charge in [-0.05, 0) is 23.8 Å². The smallest absolute Gasteiger partial charge is 0.307 e. The van der Waals surface area contributed by atoms with E-state index < -0.39 is 12.0 Å². The monoisotopic (exact) mass is 348 g/mol. The van der Waals surface area contributed by atoms with Crippen molar-refractivity contribution >= 4 is 23.5 Å². The van der Waals surface area contributed by atoms with Gasteiger partial charge in [-0.3, -0.25) is 9.59 Å². The lowest BCUT2D eigenvalue weighted by Crippen LogP contribution is -2.30. The van der Waals surface area contributed by atoms with Gasteiger partial charge < -0.3 is 14.8 Å². The molecule has 0 bridgehead atoms. The summed E-state index contributed by atoms with van der Waals surface area (Å²) in [4.78, 5) is 28.0. The van der Waals surface area contributed by atoms with Crippen molar-refractivity contribution in [2.24, 2.45) is 0 Å². The molecule has 1 atom stereocenters. The molecule has 1 N–H and O–H groups in total. The SMILES string of the molecule is COC(=O)CC(NC(=O)c1ccc(OC)nc1)c1ccc(Cl)cc1. The Morgan fingerprint density at radius 2 is 1.88 bits per heavy atom. The molecule has 0 aliphatic rings. The number of carbonyl (C=O) groups excluding carboxylic acids is 2. The molecule has 126 valence electrons. The molecule has 1 heterocycles. The number of aromatic nitrogens is 1. The quantitative estimate of drug-likeness (QED) is 0.812. The van der Waals surface area contributed by atoms with Gasteiger partial charge in [-0.1, -0.05) is 23.7 Å². The van der Waals surface area contributed by atoms with Crippen molar-refractivity contribution < 1.29 is 19.1 Å². The number of amides is 1. The lowest BCUT2D eigenvalue weighted by atomic mass is 10.0. The third-order valence-corrected chi connectivity index (χ3v) is 3.64. The molecular weight excluding hydrogens is 332 g/mol. The van der Waals surface area contributed by atoms with Crippen molar-refractivity contribution in [3.8, 4) is 5.88 Å². The Labute approximate surface area is 144 Å². The number of hydrogen-bond donors (Lipinski definition) is 1. The second-order valence-corrected chi connectivity index (χ2v) is 5.38. The number of ether oxygens (including phenoxy) is 2. The van der Waals surface area contributed by atoms with Crippen LogP contribution in [0.5, 0.6) is 5.88 Å². The fourth-order valence-corrected chi connectivity index (χ4v) is 2.20. The highest BCUT2D eigenvalue weighted by atomic mass is 35.5. The van der Waals surface area contributed by atoms with Crippen molar-refractivity contribution in [1.82, 2.24) is 10.3 Å². The summed E-state index contributed by atoms with van der Waals surface area (Å²) in [5, 5.41) is 3.38. The number of carbonyl (C=O) groups is 2. The van der Waals surface area contributed by atoms with Gasteiger partial charge in [0.25, 0.3) is 5.91 Å². The Morgan fingerprint density at radius 3 is 2.42 bits per heavy atom. The number of halogens is 1. The molecule has 0 saturated heterocycles. The number of nitrogens with zero attached hydrogens (tertiary/aromatic N) is 1. The zero-order chi connectivity index (χ0) is 17.5. The van der Waals surface area contributed by atoms with Crippen LogP contribution >= 0.6 is 11.6 Å². The molecular formula is C17H17ClN2O4.